The van der Waals surface area contributed by atoms with E-state index in [4.69, 9.17) is 0 Å². The summed E-state index contributed by atoms with van der Waals surface area (Å²) in [5.41, 5.74) is 2.02. The Bertz CT molecular complexity index is 415. The molecule has 0 unspecified atom stereocenters. The van der Waals surface area contributed by atoms with Gasteiger partial charge in [-0.1, -0.05) is 24.3 Å². The molecular formula is C13H17NO3. The van der Waals surface area contributed by atoms with Crippen LogP contribution in [0, 0.1) is 6.92 Å². The van der Waals surface area contributed by atoms with Crippen LogP contribution >= 0.6 is 0 Å². The van der Waals surface area contributed by atoms with Crippen LogP contribution in [0.3, 0.4) is 0 Å². The number of benzene rings is 1. The largest absolute Gasteiger partial charge is 0.467 e. The average molecular weight is 235 g/mol. The molecule has 0 fully saturated rings. The Morgan fingerprint density at radius 3 is 2.59 bits per heavy atom. The molecule has 0 aliphatic heterocycles. The molecule has 0 bridgehead atoms. The molecule has 1 amide bonds. The van der Waals surface area contributed by atoms with Gasteiger partial charge in [-0.2, -0.15) is 0 Å². The Kier molecular flexibility index (Phi) is 4.69. The molecule has 0 saturated heterocycles. The number of carbonyl (C=O) groups excluding carboxylic acids is 2. The molecule has 17 heavy (non-hydrogen) atoms. The first kappa shape index (κ1) is 13.2. The third-order valence-electron chi connectivity index (χ3n) is 2.54. The van der Waals surface area contributed by atoms with Crippen LogP contribution in [0.25, 0.3) is 0 Å². The molecule has 0 saturated carbocycles. The van der Waals surface area contributed by atoms with E-state index >= 15 is 0 Å². The standard InChI is InChI=1S/C13H17NO3/c1-9-6-4-5-7-11(9)8-12(15)14-10(2)13(16)17-3/h4-7,10H,8H2,1-3H3,(H,14,15)/t10-/m0/s1. The van der Waals surface area contributed by atoms with Crippen LogP contribution in [0.4, 0.5) is 0 Å². The van der Waals surface area contributed by atoms with E-state index in [-0.39, 0.29) is 12.3 Å². The minimum absolute atomic E-state index is 0.183. The first-order chi connectivity index (χ1) is 8.04. The van der Waals surface area contributed by atoms with Gasteiger partial charge >= 0.3 is 5.97 Å². The third kappa shape index (κ3) is 3.90. The van der Waals surface area contributed by atoms with Gasteiger partial charge in [-0.15, -0.1) is 0 Å². The molecular weight excluding hydrogens is 218 g/mol. The Morgan fingerprint density at radius 1 is 1.35 bits per heavy atom. The van der Waals surface area contributed by atoms with Crippen molar-refractivity contribution >= 4 is 11.9 Å². The van der Waals surface area contributed by atoms with Crippen LogP contribution in [0.5, 0.6) is 0 Å². The Labute approximate surface area is 101 Å². The molecule has 1 rings (SSSR count). The third-order valence-corrected chi connectivity index (χ3v) is 2.54. The zero-order chi connectivity index (χ0) is 12.8. The average Bonchev–Trinajstić information content (AvgIpc) is 2.31. The molecule has 1 aromatic rings. The van der Waals surface area contributed by atoms with Crippen molar-refractivity contribution in [1.29, 1.82) is 0 Å². The van der Waals surface area contributed by atoms with E-state index in [1.54, 1.807) is 6.92 Å². The van der Waals surface area contributed by atoms with Crippen LogP contribution in [0.15, 0.2) is 24.3 Å². The first-order valence-corrected chi connectivity index (χ1v) is 5.46. The summed E-state index contributed by atoms with van der Waals surface area (Å²) < 4.78 is 4.53. The number of hydrogen-bond acceptors (Lipinski definition) is 3. The van der Waals surface area contributed by atoms with E-state index in [9.17, 15) is 9.59 Å². The first-order valence-electron chi connectivity index (χ1n) is 5.46. The molecule has 0 heterocycles. The van der Waals surface area contributed by atoms with Crippen LogP contribution in [0.1, 0.15) is 18.1 Å². The Hall–Kier alpha value is -1.84. The van der Waals surface area contributed by atoms with Crippen molar-refractivity contribution in [2.75, 3.05) is 7.11 Å². The van der Waals surface area contributed by atoms with Crippen molar-refractivity contribution < 1.29 is 14.3 Å². The van der Waals surface area contributed by atoms with E-state index in [1.807, 2.05) is 31.2 Å². The predicted molar refractivity (Wildman–Crippen MR) is 64.5 cm³/mol. The second-order valence-electron chi connectivity index (χ2n) is 3.92. The summed E-state index contributed by atoms with van der Waals surface area (Å²) in [7, 11) is 1.30. The molecule has 0 radical (unpaired) electrons. The fraction of sp³-hybridized carbons (Fsp3) is 0.385. The summed E-state index contributed by atoms with van der Waals surface area (Å²) in [4.78, 5) is 22.8. The number of amides is 1. The number of carbonyl (C=O) groups is 2. The number of nitrogens with one attached hydrogen (secondary N) is 1. The molecule has 92 valence electrons. The zero-order valence-electron chi connectivity index (χ0n) is 10.3. The fourth-order valence-electron chi connectivity index (χ4n) is 1.51. The zero-order valence-corrected chi connectivity index (χ0v) is 10.3. The smallest absolute Gasteiger partial charge is 0.328 e. The van der Waals surface area contributed by atoms with Crippen LogP contribution in [-0.2, 0) is 20.7 Å². The molecule has 0 aromatic heterocycles. The lowest BCUT2D eigenvalue weighted by Crippen LogP contribution is -2.39. The monoisotopic (exact) mass is 235 g/mol. The van der Waals surface area contributed by atoms with Gasteiger partial charge in [-0.25, -0.2) is 4.79 Å². The highest BCUT2D eigenvalue weighted by Crippen LogP contribution is 2.07. The summed E-state index contributed by atoms with van der Waals surface area (Å²) in [6, 6.07) is 7.05. The van der Waals surface area contributed by atoms with Gasteiger partial charge < -0.3 is 10.1 Å². The normalized spacial score (nSPS) is 11.7. The quantitative estimate of drug-likeness (QED) is 0.798. The van der Waals surface area contributed by atoms with Gasteiger partial charge in [-0.05, 0) is 25.0 Å². The second-order valence-corrected chi connectivity index (χ2v) is 3.92. The maximum Gasteiger partial charge on any atom is 0.328 e. The minimum Gasteiger partial charge on any atom is -0.467 e. The van der Waals surface area contributed by atoms with Gasteiger partial charge in [0.1, 0.15) is 6.04 Å². The number of ether oxygens (including phenoxy) is 1. The minimum atomic E-state index is -0.614. The van der Waals surface area contributed by atoms with Gasteiger partial charge in [0.25, 0.3) is 0 Å². The van der Waals surface area contributed by atoms with Crippen LogP contribution < -0.4 is 5.32 Å². The van der Waals surface area contributed by atoms with Crippen LogP contribution in [-0.4, -0.2) is 25.0 Å². The number of esters is 1. The Morgan fingerprint density at radius 2 is 2.00 bits per heavy atom. The van der Waals surface area contributed by atoms with E-state index in [2.05, 4.69) is 10.1 Å². The molecule has 0 spiro atoms. The molecule has 4 heteroatoms. The number of hydrogen-bond donors (Lipinski definition) is 1. The molecule has 1 atom stereocenters. The molecule has 1 N–H and O–H groups in total. The fourth-order valence-corrected chi connectivity index (χ4v) is 1.51. The number of rotatable bonds is 4. The molecule has 0 aliphatic carbocycles. The maximum atomic E-state index is 11.7. The lowest BCUT2D eigenvalue weighted by atomic mass is 10.1. The van der Waals surface area contributed by atoms with Crippen molar-refractivity contribution in [2.45, 2.75) is 26.3 Å². The highest BCUT2D eigenvalue weighted by atomic mass is 16.5. The maximum absolute atomic E-state index is 11.7. The highest BCUT2D eigenvalue weighted by molar-refractivity contribution is 5.85. The Balaban J connectivity index is 2.56. The number of aryl methyl sites for hydroxylation is 1. The van der Waals surface area contributed by atoms with E-state index < -0.39 is 12.0 Å². The van der Waals surface area contributed by atoms with Gasteiger partial charge in [0.05, 0.1) is 13.5 Å². The molecule has 0 aliphatic rings. The SMILES string of the molecule is COC(=O)[C@H](C)NC(=O)Cc1ccccc1C. The molecule has 1 aromatic carbocycles. The lowest BCUT2D eigenvalue weighted by Gasteiger charge is -2.12. The van der Waals surface area contributed by atoms with Crippen molar-refractivity contribution in [3.8, 4) is 0 Å². The highest BCUT2D eigenvalue weighted by Gasteiger charge is 2.16. The summed E-state index contributed by atoms with van der Waals surface area (Å²) in [6.07, 6.45) is 0.272. The number of methoxy groups -OCH3 is 1. The van der Waals surface area contributed by atoms with Crippen LogP contribution in [0.2, 0.25) is 0 Å². The second kappa shape index (κ2) is 6.03. The summed E-state index contributed by atoms with van der Waals surface area (Å²) in [5, 5.41) is 2.59. The van der Waals surface area contributed by atoms with Crippen molar-refractivity contribution in [3.05, 3.63) is 35.4 Å². The van der Waals surface area contributed by atoms with Crippen molar-refractivity contribution in [3.63, 3.8) is 0 Å². The summed E-state index contributed by atoms with van der Waals surface area (Å²) >= 11 is 0. The predicted octanol–water partition coefficient (Wildman–Crippen LogP) is 1.22. The summed E-state index contributed by atoms with van der Waals surface area (Å²) in [6.45, 7) is 3.55. The van der Waals surface area contributed by atoms with Gasteiger partial charge in [0, 0.05) is 0 Å². The van der Waals surface area contributed by atoms with Gasteiger partial charge in [0.15, 0.2) is 0 Å². The van der Waals surface area contributed by atoms with Gasteiger partial charge in [0.2, 0.25) is 5.91 Å². The van der Waals surface area contributed by atoms with Gasteiger partial charge in [-0.3, -0.25) is 4.79 Å². The van der Waals surface area contributed by atoms with Crippen molar-refractivity contribution in [1.82, 2.24) is 5.32 Å². The van der Waals surface area contributed by atoms with E-state index in [0.29, 0.717) is 0 Å². The van der Waals surface area contributed by atoms with E-state index in [1.165, 1.54) is 7.11 Å². The van der Waals surface area contributed by atoms with Crippen molar-refractivity contribution in [2.24, 2.45) is 0 Å². The lowest BCUT2D eigenvalue weighted by molar-refractivity contribution is -0.144. The molecule has 4 nitrogen and oxygen atoms in total. The summed E-state index contributed by atoms with van der Waals surface area (Å²) in [5.74, 6) is -0.625. The van der Waals surface area contributed by atoms with E-state index in [0.717, 1.165) is 11.1 Å². The topological polar surface area (TPSA) is 55.4 Å².